The van der Waals surface area contributed by atoms with Gasteiger partial charge in [0.15, 0.2) is 0 Å². The molecule has 0 radical (unpaired) electrons. The van der Waals surface area contributed by atoms with Gasteiger partial charge in [-0.3, -0.25) is 4.79 Å². The van der Waals surface area contributed by atoms with Crippen molar-refractivity contribution in [3.63, 3.8) is 0 Å². The molecule has 0 saturated heterocycles. The number of anilines is 1. The van der Waals surface area contributed by atoms with E-state index in [0.29, 0.717) is 24.2 Å². The van der Waals surface area contributed by atoms with Crippen LogP contribution in [-0.2, 0) is 6.42 Å². The zero-order chi connectivity index (χ0) is 14.4. The van der Waals surface area contributed by atoms with Gasteiger partial charge in [-0.15, -0.1) is 0 Å². The van der Waals surface area contributed by atoms with E-state index in [2.05, 4.69) is 20.6 Å². The Hall–Kier alpha value is -2.83. The number of nitrogens with one attached hydrogen (secondary N) is 3. The molecule has 20 heavy (non-hydrogen) atoms. The Labute approximate surface area is 115 Å². The molecule has 0 fully saturated rings. The van der Waals surface area contributed by atoms with Crippen LogP contribution in [0.4, 0.5) is 10.5 Å². The van der Waals surface area contributed by atoms with E-state index in [1.807, 2.05) is 0 Å². The molecule has 7 nitrogen and oxygen atoms in total. The molecule has 0 aliphatic heterocycles. The minimum atomic E-state index is -0.499. The number of H-pyrrole nitrogens is 1. The topological polar surface area (TPSA) is 113 Å². The lowest BCUT2D eigenvalue weighted by atomic mass is 10.2. The number of hydrogen-bond acceptors (Lipinski definition) is 3. The molecular weight excluding hydrogens is 258 g/mol. The molecule has 0 spiro atoms. The van der Waals surface area contributed by atoms with Crippen molar-refractivity contribution in [2.24, 2.45) is 5.73 Å². The molecule has 1 aromatic heterocycles. The van der Waals surface area contributed by atoms with Gasteiger partial charge in [0.25, 0.3) is 0 Å². The fourth-order valence-corrected chi connectivity index (χ4v) is 1.63. The Morgan fingerprint density at radius 2 is 2.00 bits per heavy atom. The summed E-state index contributed by atoms with van der Waals surface area (Å²) in [7, 11) is 0. The average Bonchev–Trinajstić information content (AvgIpc) is 2.92. The van der Waals surface area contributed by atoms with Crippen molar-refractivity contribution in [3.8, 4) is 0 Å². The number of aromatic amines is 1. The summed E-state index contributed by atoms with van der Waals surface area (Å²) in [5.41, 5.74) is 7.08. The van der Waals surface area contributed by atoms with Gasteiger partial charge in [0.2, 0.25) is 5.91 Å². The number of carbonyl (C=O) groups is 2. The van der Waals surface area contributed by atoms with Crippen molar-refractivity contribution in [2.75, 3.05) is 11.9 Å². The van der Waals surface area contributed by atoms with Crippen molar-refractivity contribution < 1.29 is 9.59 Å². The standard InChI is InChI=1S/C13H15N5O2/c14-12(19)9-1-3-10(4-2-9)18-13(20)16-6-5-11-7-15-8-17-11/h1-4,7-8H,5-6H2,(H2,14,19)(H,15,17)(H2,16,18,20). The van der Waals surface area contributed by atoms with Crippen molar-refractivity contribution in [1.29, 1.82) is 0 Å². The minimum Gasteiger partial charge on any atom is -0.366 e. The van der Waals surface area contributed by atoms with E-state index < -0.39 is 5.91 Å². The van der Waals surface area contributed by atoms with Crippen LogP contribution in [0.3, 0.4) is 0 Å². The van der Waals surface area contributed by atoms with E-state index in [9.17, 15) is 9.59 Å². The number of nitrogens with two attached hydrogens (primary N) is 1. The van der Waals surface area contributed by atoms with Crippen molar-refractivity contribution in [3.05, 3.63) is 48.0 Å². The molecule has 0 bridgehead atoms. The summed E-state index contributed by atoms with van der Waals surface area (Å²) in [4.78, 5) is 29.4. The van der Waals surface area contributed by atoms with Crippen LogP contribution in [-0.4, -0.2) is 28.5 Å². The lowest BCUT2D eigenvalue weighted by Gasteiger charge is -2.07. The Bertz CT molecular complexity index is 577. The summed E-state index contributed by atoms with van der Waals surface area (Å²) in [6.07, 6.45) is 3.98. The molecule has 2 aromatic rings. The molecule has 0 unspecified atom stereocenters. The summed E-state index contributed by atoms with van der Waals surface area (Å²) >= 11 is 0. The van der Waals surface area contributed by atoms with E-state index >= 15 is 0 Å². The highest BCUT2D eigenvalue weighted by atomic mass is 16.2. The van der Waals surface area contributed by atoms with Crippen LogP contribution in [0.15, 0.2) is 36.8 Å². The molecule has 7 heteroatoms. The Morgan fingerprint density at radius 1 is 1.25 bits per heavy atom. The summed E-state index contributed by atoms with van der Waals surface area (Å²) in [5.74, 6) is -0.499. The Morgan fingerprint density at radius 3 is 2.60 bits per heavy atom. The van der Waals surface area contributed by atoms with Gasteiger partial charge in [0.05, 0.1) is 6.33 Å². The first-order valence-electron chi connectivity index (χ1n) is 6.07. The second-order valence-electron chi connectivity index (χ2n) is 4.15. The van der Waals surface area contributed by atoms with Gasteiger partial charge in [0.1, 0.15) is 0 Å². The quantitative estimate of drug-likeness (QED) is 0.648. The van der Waals surface area contributed by atoms with Gasteiger partial charge >= 0.3 is 6.03 Å². The van der Waals surface area contributed by atoms with Crippen LogP contribution in [0.25, 0.3) is 0 Å². The first-order valence-corrected chi connectivity index (χ1v) is 6.07. The predicted molar refractivity (Wildman–Crippen MR) is 74.3 cm³/mol. The molecule has 0 saturated carbocycles. The first kappa shape index (κ1) is 13.6. The smallest absolute Gasteiger partial charge is 0.319 e. The van der Waals surface area contributed by atoms with Crippen molar-refractivity contribution in [1.82, 2.24) is 15.3 Å². The molecule has 2 rings (SSSR count). The maximum atomic E-state index is 11.6. The van der Waals surface area contributed by atoms with Crippen LogP contribution in [0.1, 0.15) is 16.1 Å². The molecule has 104 valence electrons. The Balaban J connectivity index is 1.77. The number of benzene rings is 1. The third-order valence-electron chi connectivity index (χ3n) is 2.66. The van der Waals surface area contributed by atoms with Crippen LogP contribution < -0.4 is 16.4 Å². The lowest BCUT2D eigenvalue weighted by molar-refractivity contribution is 0.100. The Kier molecular flexibility index (Phi) is 4.33. The molecule has 0 aliphatic carbocycles. The van der Waals surface area contributed by atoms with Gasteiger partial charge in [0, 0.05) is 36.1 Å². The van der Waals surface area contributed by atoms with Crippen molar-refractivity contribution >= 4 is 17.6 Å². The van der Waals surface area contributed by atoms with Gasteiger partial charge in [-0.05, 0) is 24.3 Å². The number of urea groups is 1. The summed E-state index contributed by atoms with van der Waals surface area (Å²) < 4.78 is 0. The maximum Gasteiger partial charge on any atom is 0.319 e. The van der Waals surface area contributed by atoms with Crippen LogP contribution in [0, 0.1) is 0 Å². The molecule has 3 amide bonds. The van der Waals surface area contributed by atoms with E-state index in [4.69, 9.17) is 5.73 Å². The monoisotopic (exact) mass is 273 g/mol. The van der Waals surface area contributed by atoms with E-state index in [1.165, 1.54) is 0 Å². The van der Waals surface area contributed by atoms with Gasteiger partial charge in [-0.1, -0.05) is 0 Å². The second-order valence-corrected chi connectivity index (χ2v) is 4.15. The zero-order valence-corrected chi connectivity index (χ0v) is 10.7. The number of hydrogen-bond donors (Lipinski definition) is 4. The number of primary amides is 1. The summed E-state index contributed by atoms with van der Waals surface area (Å²) in [5, 5.41) is 5.38. The minimum absolute atomic E-state index is 0.309. The normalized spacial score (nSPS) is 10.0. The number of amides is 3. The van der Waals surface area contributed by atoms with Crippen molar-refractivity contribution in [2.45, 2.75) is 6.42 Å². The number of aromatic nitrogens is 2. The third kappa shape index (κ3) is 3.84. The van der Waals surface area contributed by atoms with E-state index in [1.54, 1.807) is 36.8 Å². The summed E-state index contributed by atoms with van der Waals surface area (Å²) in [6, 6.07) is 6.05. The van der Waals surface area contributed by atoms with Gasteiger partial charge in [-0.2, -0.15) is 0 Å². The maximum absolute atomic E-state index is 11.6. The molecule has 1 heterocycles. The molecule has 5 N–H and O–H groups in total. The highest BCUT2D eigenvalue weighted by molar-refractivity contribution is 5.94. The van der Waals surface area contributed by atoms with Crippen LogP contribution in [0.5, 0.6) is 0 Å². The van der Waals surface area contributed by atoms with Gasteiger partial charge < -0.3 is 21.4 Å². The molecule has 0 atom stereocenters. The lowest BCUT2D eigenvalue weighted by Crippen LogP contribution is -2.30. The molecular formula is C13H15N5O2. The first-order chi connectivity index (χ1) is 9.65. The largest absolute Gasteiger partial charge is 0.366 e. The number of nitrogens with zero attached hydrogens (tertiary/aromatic N) is 1. The number of rotatable bonds is 5. The summed E-state index contributed by atoms with van der Waals surface area (Å²) in [6.45, 7) is 0.493. The SMILES string of the molecule is NC(=O)c1ccc(NC(=O)NCCc2cnc[nH]2)cc1. The molecule has 1 aromatic carbocycles. The fraction of sp³-hybridized carbons (Fsp3) is 0.154. The highest BCUT2D eigenvalue weighted by Crippen LogP contribution is 2.08. The third-order valence-corrected chi connectivity index (χ3v) is 2.66. The second kappa shape index (κ2) is 6.37. The highest BCUT2D eigenvalue weighted by Gasteiger charge is 2.03. The zero-order valence-electron chi connectivity index (χ0n) is 10.7. The number of imidazole rings is 1. The van der Waals surface area contributed by atoms with E-state index in [-0.39, 0.29) is 6.03 Å². The molecule has 0 aliphatic rings. The predicted octanol–water partition coefficient (Wildman–Crippen LogP) is 0.873. The number of carbonyl (C=O) groups excluding carboxylic acids is 2. The average molecular weight is 273 g/mol. The van der Waals surface area contributed by atoms with E-state index in [0.717, 1.165) is 5.69 Å². The van der Waals surface area contributed by atoms with Gasteiger partial charge in [-0.25, -0.2) is 9.78 Å². The van der Waals surface area contributed by atoms with Crippen LogP contribution in [0.2, 0.25) is 0 Å². The van der Waals surface area contributed by atoms with Crippen LogP contribution >= 0.6 is 0 Å². The fourth-order valence-electron chi connectivity index (χ4n) is 1.63.